The molecule has 0 N–H and O–H groups in total. The van der Waals surface area contributed by atoms with Gasteiger partial charge >= 0.3 is 0 Å². The van der Waals surface area contributed by atoms with Gasteiger partial charge in [0.05, 0.1) is 46.8 Å². The Hall–Kier alpha value is -3.07. The first-order chi connectivity index (χ1) is 14.6. The number of fused-ring (bicyclic) bond motifs is 1. The summed E-state index contributed by atoms with van der Waals surface area (Å²) in [6.07, 6.45) is 2.60. The molecule has 9 heteroatoms. The summed E-state index contributed by atoms with van der Waals surface area (Å²) in [5.41, 5.74) is 2.45. The quantitative estimate of drug-likeness (QED) is 0.728. The molecule has 0 atom stereocenters. The van der Waals surface area contributed by atoms with E-state index in [0.29, 0.717) is 55.1 Å². The molecular formula is C21H26N4O5. The van der Waals surface area contributed by atoms with Crippen molar-refractivity contribution in [3.05, 3.63) is 35.2 Å². The molecule has 30 heavy (non-hydrogen) atoms. The number of ether oxygens (including phenoxy) is 4. The topological polar surface area (TPSA) is 86.3 Å². The molecule has 2 aromatic rings. The van der Waals surface area contributed by atoms with Crippen molar-refractivity contribution in [2.24, 2.45) is 0 Å². The summed E-state index contributed by atoms with van der Waals surface area (Å²) in [7, 11) is 4.61. The smallest absolute Gasteiger partial charge is 0.254 e. The minimum absolute atomic E-state index is 0.105. The number of rotatable bonds is 5. The minimum Gasteiger partial charge on any atom is -0.493 e. The maximum Gasteiger partial charge on any atom is 0.254 e. The van der Waals surface area contributed by atoms with Gasteiger partial charge in [0.15, 0.2) is 11.5 Å². The average Bonchev–Trinajstić information content (AvgIpc) is 2.82. The van der Waals surface area contributed by atoms with E-state index in [4.69, 9.17) is 23.9 Å². The number of morpholine rings is 1. The van der Waals surface area contributed by atoms with Crippen LogP contribution in [0.1, 0.15) is 21.6 Å². The van der Waals surface area contributed by atoms with E-state index in [1.165, 1.54) is 21.3 Å². The number of benzene rings is 1. The number of amides is 1. The molecule has 1 saturated heterocycles. The summed E-state index contributed by atoms with van der Waals surface area (Å²) in [6.45, 7) is 3.92. The van der Waals surface area contributed by atoms with E-state index < -0.39 is 0 Å². The van der Waals surface area contributed by atoms with Crippen LogP contribution in [0, 0.1) is 0 Å². The Kier molecular flexibility index (Phi) is 5.89. The molecule has 3 heterocycles. The zero-order valence-corrected chi connectivity index (χ0v) is 17.5. The van der Waals surface area contributed by atoms with Gasteiger partial charge in [-0.15, -0.1) is 0 Å². The van der Waals surface area contributed by atoms with Gasteiger partial charge in [-0.25, -0.2) is 9.97 Å². The molecule has 2 aliphatic heterocycles. The third-order valence-electron chi connectivity index (χ3n) is 5.43. The van der Waals surface area contributed by atoms with Gasteiger partial charge < -0.3 is 28.7 Å². The van der Waals surface area contributed by atoms with E-state index in [9.17, 15) is 4.79 Å². The molecule has 1 amide bonds. The predicted octanol–water partition coefficient (Wildman–Crippen LogP) is 1.54. The molecule has 0 radical (unpaired) electrons. The second kappa shape index (κ2) is 8.74. The highest BCUT2D eigenvalue weighted by Crippen LogP contribution is 2.38. The van der Waals surface area contributed by atoms with Crippen molar-refractivity contribution >= 4 is 11.9 Å². The summed E-state index contributed by atoms with van der Waals surface area (Å²) in [4.78, 5) is 26.4. The summed E-state index contributed by atoms with van der Waals surface area (Å²) in [6, 6.07) is 3.36. The lowest BCUT2D eigenvalue weighted by Crippen LogP contribution is -2.39. The fourth-order valence-electron chi connectivity index (χ4n) is 3.77. The van der Waals surface area contributed by atoms with Gasteiger partial charge in [0, 0.05) is 31.4 Å². The molecule has 9 nitrogen and oxygen atoms in total. The van der Waals surface area contributed by atoms with Crippen LogP contribution in [0.25, 0.3) is 0 Å². The standard InChI is InChI=1S/C21H26N4O5/c1-27-17-10-15(11-18(28-2)19(17)29-3)20(26)25-5-4-14-12-22-21(23-16(14)13-25)24-6-8-30-9-7-24/h10-12H,4-9,13H2,1-3H3. The molecule has 160 valence electrons. The number of carbonyl (C=O) groups excluding carboxylic acids is 1. The molecule has 1 aromatic heterocycles. The summed E-state index contributed by atoms with van der Waals surface area (Å²) >= 11 is 0. The van der Waals surface area contributed by atoms with Crippen molar-refractivity contribution in [1.82, 2.24) is 14.9 Å². The number of carbonyl (C=O) groups is 1. The zero-order chi connectivity index (χ0) is 21.1. The first-order valence-corrected chi connectivity index (χ1v) is 9.91. The van der Waals surface area contributed by atoms with Gasteiger partial charge in [0.25, 0.3) is 5.91 Å². The van der Waals surface area contributed by atoms with E-state index in [2.05, 4.69) is 9.88 Å². The van der Waals surface area contributed by atoms with Crippen LogP contribution < -0.4 is 19.1 Å². The molecule has 0 saturated carbocycles. The Morgan fingerprint density at radius 2 is 1.73 bits per heavy atom. The van der Waals surface area contributed by atoms with Crippen LogP contribution in [0.4, 0.5) is 5.95 Å². The first kappa shape index (κ1) is 20.2. The first-order valence-electron chi connectivity index (χ1n) is 9.91. The van der Waals surface area contributed by atoms with Crippen molar-refractivity contribution in [2.75, 3.05) is 59.1 Å². The highest BCUT2D eigenvalue weighted by atomic mass is 16.5. The molecular weight excluding hydrogens is 388 g/mol. The van der Waals surface area contributed by atoms with Crippen LogP contribution in [-0.2, 0) is 17.7 Å². The van der Waals surface area contributed by atoms with E-state index in [0.717, 1.165) is 30.8 Å². The summed E-state index contributed by atoms with van der Waals surface area (Å²) in [5, 5.41) is 0. The van der Waals surface area contributed by atoms with Gasteiger partial charge in [-0.2, -0.15) is 0 Å². The van der Waals surface area contributed by atoms with Crippen LogP contribution in [0.3, 0.4) is 0 Å². The van der Waals surface area contributed by atoms with Gasteiger partial charge in [0.1, 0.15) is 0 Å². The summed E-state index contributed by atoms with van der Waals surface area (Å²) < 4.78 is 21.5. The normalized spacial score (nSPS) is 16.1. The number of anilines is 1. The third kappa shape index (κ3) is 3.85. The van der Waals surface area contributed by atoms with Crippen LogP contribution in [0.5, 0.6) is 17.2 Å². The Labute approximate surface area is 175 Å². The molecule has 0 bridgehead atoms. The second-order valence-corrected chi connectivity index (χ2v) is 7.13. The Bertz CT molecular complexity index is 905. The lowest BCUT2D eigenvalue weighted by Gasteiger charge is -2.31. The van der Waals surface area contributed by atoms with Gasteiger partial charge in [-0.1, -0.05) is 0 Å². The molecule has 4 rings (SSSR count). The monoisotopic (exact) mass is 414 g/mol. The Morgan fingerprint density at radius 3 is 2.37 bits per heavy atom. The number of aromatic nitrogens is 2. The van der Waals surface area contributed by atoms with Crippen molar-refractivity contribution in [1.29, 1.82) is 0 Å². The van der Waals surface area contributed by atoms with Gasteiger partial charge in [-0.3, -0.25) is 4.79 Å². The SMILES string of the molecule is COc1cc(C(=O)N2CCc3cnc(N4CCOCC4)nc3C2)cc(OC)c1OC. The molecule has 2 aliphatic rings. The fraction of sp³-hybridized carbons (Fsp3) is 0.476. The van der Waals surface area contributed by atoms with Crippen LogP contribution in [0.2, 0.25) is 0 Å². The Morgan fingerprint density at radius 1 is 1.03 bits per heavy atom. The molecule has 1 aromatic carbocycles. The van der Waals surface area contributed by atoms with Crippen molar-refractivity contribution in [2.45, 2.75) is 13.0 Å². The maximum absolute atomic E-state index is 13.2. The lowest BCUT2D eigenvalue weighted by molar-refractivity contribution is 0.0730. The number of hydrogen-bond acceptors (Lipinski definition) is 8. The minimum atomic E-state index is -0.105. The second-order valence-electron chi connectivity index (χ2n) is 7.13. The number of hydrogen-bond donors (Lipinski definition) is 0. The highest BCUT2D eigenvalue weighted by molar-refractivity contribution is 5.95. The Balaban J connectivity index is 1.57. The van der Waals surface area contributed by atoms with Crippen LogP contribution >= 0.6 is 0 Å². The van der Waals surface area contributed by atoms with Crippen molar-refractivity contribution in [3.63, 3.8) is 0 Å². The summed E-state index contributed by atoms with van der Waals surface area (Å²) in [5.74, 6) is 1.96. The highest BCUT2D eigenvalue weighted by Gasteiger charge is 2.26. The third-order valence-corrected chi connectivity index (χ3v) is 5.43. The van der Waals surface area contributed by atoms with Gasteiger partial charge in [0.2, 0.25) is 11.7 Å². The van der Waals surface area contributed by atoms with Crippen molar-refractivity contribution < 1.29 is 23.7 Å². The van der Waals surface area contributed by atoms with Gasteiger partial charge in [-0.05, 0) is 24.1 Å². The van der Waals surface area contributed by atoms with E-state index in [1.807, 2.05) is 6.20 Å². The van der Waals surface area contributed by atoms with Crippen LogP contribution in [-0.4, -0.2) is 75.0 Å². The van der Waals surface area contributed by atoms with E-state index >= 15 is 0 Å². The molecule has 0 unspecified atom stereocenters. The van der Waals surface area contributed by atoms with E-state index in [1.54, 1.807) is 17.0 Å². The van der Waals surface area contributed by atoms with Crippen LogP contribution in [0.15, 0.2) is 18.3 Å². The maximum atomic E-state index is 13.2. The van der Waals surface area contributed by atoms with E-state index in [-0.39, 0.29) is 5.91 Å². The fourth-order valence-corrected chi connectivity index (χ4v) is 3.77. The molecule has 0 spiro atoms. The number of nitrogens with zero attached hydrogens (tertiary/aromatic N) is 4. The largest absolute Gasteiger partial charge is 0.493 e. The van der Waals surface area contributed by atoms with Crippen molar-refractivity contribution in [3.8, 4) is 17.2 Å². The lowest BCUT2D eigenvalue weighted by atomic mass is 10.1. The number of methoxy groups -OCH3 is 3. The molecule has 0 aliphatic carbocycles. The predicted molar refractivity (Wildman–Crippen MR) is 110 cm³/mol. The zero-order valence-electron chi connectivity index (χ0n) is 17.5. The average molecular weight is 414 g/mol. The molecule has 1 fully saturated rings.